The number of rotatable bonds is 0. The summed E-state index contributed by atoms with van der Waals surface area (Å²) in [5.41, 5.74) is 8.22. The average Bonchev–Trinajstić information content (AvgIpc) is 2.56. The molecule has 1 heterocycles. The van der Waals surface area contributed by atoms with Crippen LogP contribution < -0.4 is 11.2 Å². The second-order valence-electron chi connectivity index (χ2n) is 5.60. The third kappa shape index (κ3) is 1.14. The van der Waals surface area contributed by atoms with E-state index in [1.165, 1.54) is 0 Å². The number of nitrogens with two attached hydrogens (primary N) is 1. The highest BCUT2D eigenvalue weighted by Gasteiger charge is 2.63. The number of carbonyl (C=O) groups excluding carboxylic acids is 1. The smallest absolute Gasteiger partial charge is 0.284 e. The lowest BCUT2D eigenvalue weighted by molar-refractivity contribution is -0.121. The summed E-state index contributed by atoms with van der Waals surface area (Å²) in [6, 6.07) is 7.78. The van der Waals surface area contributed by atoms with Crippen molar-refractivity contribution in [2.45, 2.75) is 17.2 Å². The molecule has 0 aromatic heterocycles. The summed E-state index contributed by atoms with van der Waals surface area (Å²) in [4.78, 5) is 12.6. The summed E-state index contributed by atoms with van der Waals surface area (Å²) < 4.78 is 0. The highest BCUT2D eigenvalue weighted by Crippen LogP contribution is 2.55. The summed E-state index contributed by atoms with van der Waals surface area (Å²) in [5, 5.41) is -0.436. The number of hydrogen-bond acceptors (Lipinski definition) is 2. The molecule has 88 valence electrons. The van der Waals surface area contributed by atoms with E-state index in [9.17, 15) is 4.79 Å². The van der Waals surface area contributed by atoms with E-state index in [4.69, 9.17) is 17.2 Å². The fourth-order valence-corrected chi connectivity index (χ4v) is 3.79. The van der Waals surface area contributed by atoms with Gasteiger partial charge in [0.15, 0.2) is 5.78 Å². The van der Waals surface area contributed by atoms with Gasteiger partial charge in [-0.2, -0.15) is 11.5 Å². The molecular weight excluding hydrogens is 242 g/mol. The lowest BCUT2D eigenvalue weighted by Gasteiger charge is -2.44. The van der Waals surface area contributed by atoms with Crippen LogP contribution in [0.3, 0.4) is 0 Å². The Morgan fingerprint density at radius 2 is 2.06 bits per heavy atom. The Balaban J connectivity index is 2.33. The van der Waals surface area contributed by atoms with Crippen LogP contribution in [0.25, 0.3) is 0 Å². The molecule has 2 aliphatic rings. The molecule has 0 bridgehead atoms. The number of Topliss-reactive ketones (excluding diaryl/α,β-unsaturated/α-hetero) is 1. The number of hydrogen-bond donors (Lipinski definition) is 1. The first-order valence-electron chi connectivity index (χ1n) is 6.17. The Morgan fingerprint density at radius 1 is 1.39 bits per heavy atom. The number of ketones is 1. The topological polar surface area (TPSA) is 43.1 Å². The largest absolute Gasteiger partial charge is 0.316 e. The van der Waals surface area contributed by atoms with Crippen LogP contribution in [-0.4, -0.2) is 27.6 Å². The minimum absolute atomic E-state index is 0.00634. The minimum Gasteiger partial charge on any atom is -0.316 e. The van der Waals surface area contributed by atoms with Crippen LogP contribution >= 0.6 is 11.5 Å². The van der Waals surface area contributed by atoms with Gasteiger partial charge in [0.25, 0.3) is 6.13 Å². The first-order valence-corrected chi connectivity index (χ1v) is 6.60. The van der Waals surface area contributed by atoms with Crippen molar-refractivity contribution in [1.82, 2.24) is 0 Å². The van der Waals surface area contributed by atoms with Crippen molar-refractivity contribution in [3.63, 3.8) is 0 Å². The number of allylic oxidation sites excluding steroid dienone is 1. The molecule has 2 nitrogen and oxygen atoms in total. The summed E-state index contributed by atoms with van der Waals surface area (Å²) in [7, 11) is 3.85. The van der Waals surface area contributed by atoms with E-state index in [1.807, 2.05) is 46.0 Å². The van der Waals surface area contributed by atoms with Crippen LogP contribution in [0.2, 0.25) is 5.21 Å². The average molecular weight is 255 g/mol. The molecule has 3 rings (SSSR count). The van der Waals surface area contributed by atoms with Gasteiger partial charge in [-0.05, 0) is 22.7 Å². The summed E-state index contributed by atoms with van der Waals surface area (Å²) in [6.45, 7) is 0. The van der Waals surface area contributed by atoms with Crippen molar-refractivity contribution in [1.29, 1.82) is 0 Å². The third-order valence-electron chi connectivity index (χ3n) is 4.67. The van der Waals surface area contributed by atoms with E-state index in [-0.39, 0.29) is 11.9 Å². The molecule has 0 saturated heterocycles. The molecule has 18 heavy (non-hydrogen) atoms. The van der Waals surface area contributed by atoms with Gasteiger partial charge < -0.3 is 5.73 Å². The molecule has 2 N–H and O–H groups in total. The van der Waals surface area contributed by atoms with Gasteiger partial charge in [-0.3, -0.25) is 4.79 Å². The molecule has 1 aliphatic carbocycles. The van der Waals surface area contributed by atoms with Crippen LogP contribution in [0.15, 0.2) is 35.8 Å². The Bertz CT molecular complexity index is 590. The zero-order valence-electron chi connectivity index (χ0n) is 10.5. The first-order chi connectivity index (χ1) is 8.43. The Kier molecular flexibility index (Phi) is 2.39. The molecule has 0 amide bonds. The Hall–Kier alpha value is -0.925. The van der Waals surface area contributed by atoms with E-state index < -0.39 is 10.8 Å². The van der Waals surface area contributed by atoms with Gasteiger partial charge in [0, 0.05) is 0 Å². The number of fused-ring (bicyclic) bond motifs is 3. The molecule has 6 heteroatoms. The van der Waals surface area contributed by atoms with Gasteiger partial charge in [-0.1, -0.05) is 35.8 Å². The highest BCUT2D eigenvalue weighted by atomic mass is 35.5. The molecular formula is C12H13B3ClNO. The zero-order valence-corrected chi connectivity index (χ0v) is 11.3. The molecule has 0 radical (unpaired) electrons. The lowest BCUT2D eigenvalue weighted by Crippen LogP contribution is -2.57. The second kappa shape index (κ2) is 3.55. The molecule has 1 aromatic carbocycles. The standard InChI is InChI=1S/C12H13B3ClNO/c13-8-5-6-11(14)12(17,10(8)18)7-3-1-2-4-9(7)15(11)16/h1-5H,6,13-14,17H2. The fourth-order valence-electron chi connectivity index (χ4n) is 3.34. The van der Waals surface area contributed by atoms with Gasteiger partial charge in [-0.25, -0.2) is 0 Å². The predicted octanol–water partition coefficient (Wildman–Crippen LogP) is -0.888. The number of benzene rings is 1. The van der Waals surface area contributed by atoms with E-state index in [0.717, 1.165) is 22.9 Å². The Morgan fingerprint density at radius 3 is 2.78 bits per heavy atom. The minimum atomic E-state index is -0.977. The van der Waals surface area contributed by atoms with Crippen LogP contribution in [-0.2, 0) is 10.3 Å². The maximum Gasteiger partial charge on any atom is 0.284 e. The van der Waals surface area contributed by atoms with Crippen LogP contribution in [0.4, 0.5) is 0 Å². The predicted molar refractivity (Wildman–Crippen MR) is 81.0 cm³/mol. The van der Waals surface area contributed by atoms with Crippen molar-refractivity contribution in [3.05, 3.63) is 41.4 Å². The monoisotopic (exact) mass is 255 g/mol. The van der Waals surface area contributed by atoms with Gasteiger partial charge in [-0.15, -0.1) is 0 Å². The molecule has 2 atom stereocenters. The molecule has 0 spiro atoms. The van der Waals surface area contributed by atoms with E-state index in [2.05, 4.69) is 0 Å². The maximum atomic E-state index is 12.6. The summed E-state index contributed by atoms with van der Waals surface area (Å²) >= 11 is 6.60. The maximum absolute atomic E-state index is 12.6. The van der Waals surface area contributed by atoms with Crippen LogP contribution in [0.1, 0.15) is 12.0 Å². The van der Waals surface area contributed by atoms with E-state index >= 15 is 0 Å². The van der Waals surface area contributed by atoms with Crippen molar-refractivity contribution < 1.29 is 4.79 Å². The fraction of sp³-hybridized carbons (Fsp3) is 0.250. The lowest BCUT2D eigenvalue weighted by atomic mass is 9.34. The quantitative estimate of drug-likeness (QED) is 0.611. The molecule has 0 fully saturated rings. The van der Waals surface area contributed by atoms with Crippen LogP contribution in [0.5, 0.6) is 0 Å². The van der Waals surface area contributed by atoms with Gasteiger partial charge in [0.1, 0.15) is 15.7 Å². The molecule has 2 unspecified atom stereocenters. The third-order valence-corrected chi connectivity index (χ3v) is 5.38. The second-order valence-corrected chi connectivity index (χ2v) is 6.03. The van der Waals surface area contributed by atoms with Gasteiger partial charge in [0.2, 0.25) is 0 Å². The van der Waals surface area contributed by atoms with Crippen LogP contribution in [0, 0.1) is 0 Å². The van der Waals surface area contributed by atoms with Gasteiger partial charge >= 0.3 is 0 Å². The van der Waals surface area contributed by atoms with E-state index in [1.54, 1.807) is 0 Å². The summed E-state index contributed by atoms with van der Waals surface area (Å²) in [5.74, 6) is 0.00634. The van der Waals surface area contributed by atoms with Crippen molar-refractivity contribution in [2.24, 2.45) is 5.73 Å². The van der Waals surface area contributed by atoms with Gasteiger partial charge in [0.05, 0.1) is 5.54 Å². The van der Waals surface area contributed by atoms with E-state index in [0.29, 0.717) is 0 Å². The molecule has 1 aliphatic heterocycles. The van der Waals surface area contributed by atoms with Crippen molar-refractivity contribution >= 4 is 44.5 Å². The van der Waals surface area contributed by atoms with Crippen molar-refractivity contribution in [2.75, 3.05) is 0 Å². The Labute approximate surface area is 114 Å². The first kappa shape index (κ1) is 12.1. The van der Waals surface area contributed by atoms with Crippen molar-refractivity contribution in [3.8, 4) is 0 Å². The molecule has 0 saturated carbocycles. The number of halogens is 1. The molecule has 1 aromatic rings. The summed E-state index contributed by atoms with van der Waals surface area (Å²) in [6.07, 6.45) is 2.49. The zero-order chi connectivity index (χ0) is 13.1. The number of carbonyl (C=O) groups is 1. The SMILES string of the molecule is BC1=CCC2(B)B(Cl)c3ccccc3C2(N)C1=O. The normalized spacial score (nSPS) is 34.0. The highest BCUT2D eigenvalue weighted by molar-refractivity contribution is 7.19.